The van der Waals surface area contributed by atoms with Crippen LogP contribution >= 0.6 is 35.0 Å². The van der Waals surface area contributed by atoms with Crippen LogP contribution in [0.15, 0.2) is 22.2 Å². The number of halogens is 2. The summed E-state index contributed by atoms with van der Waals surface area (Å²) in [4.78, 5) is 10.7. The van der Waals surface area contributed by atoms with Crippen LogP contribution in [0.2, 0.25) is 10.0 Å². The SMILES string of the molecule is CC(C)(C)c1nnc(Sc2c(Cl)cc([N+](=O)[O-])cc2Cl)n1N. The molecule has 10 heteroatoms. The molecule has 1 heterocycles. The minimum Gasteiger partial charge on any atom is -0.336 e. The summed E-state index contributed by atoms with van der Waals surface area (Å²) in [7, 11) is 0. The van der Waals surface area contributed by atoms with Crippen molar-refractivity contribution < 1.29 is 4.92 Å². The van der Waals surface area contributed by atoms with Gasteiger partial charge in [0.25, 0.3) is 5.69 Å². The fourth-order valence-electron chi connectivity index (χ4n) is 1.70. The number of nitro groups is 1. The first kappa shape index (κ1) is 16.9. The first-order valence-electron chi connectivity index (χ1n) is 6.13. The molecule has 0 atom stereocenters. The Hall–Kier alpha value is -1.51. The van der Waals surface area contributed by atoms with Crippen molar-refractivity contribution in [3.8, 4) is 0 Å². The minimum absolute atomic E-state index is 0.157. The molecule has 0 aliphatic rings. The molecule has 1 aromatic heterocycles. The van der Waals surface area contributed by atoms with Crippen molar-refractivity contribution in [1.82, 2.24) is 14.9 Å². The van der Waals surface area contributed by atoms with Crippen molar-refractivity contribution >= 4 is 40.7 Å². The standard InChI is InChI=1S/C12H13Cl2N5O2S/c1-12(2,3)10-16-17-11(18(10)15)22-9-7(13)4-6(19(20)21)5-8(9)14/h4-5H,15H2,1-3H3. The number of nitrogens with zero attached hydrogens (tertiary/aromatic N) is 4. The van der Waals surface area contributed by atoms with Crippen LogP contribution in [0.1, 0.15) is 26.6 Å². The molecule has 0 bridgehead atoms. The number of nitro benzene ring substituents is 1. The summed E-state index contributed by atoms with van der Waals surface area (Å²) in [5.74, 6) is 6.59. The Labute approximate surface area is 140 Å². The van der Waals surface area contributed by atoms with Crippen LogP contribution in [-0.4, -0.2) is 19.8 Å². The number of hydrogen-bond acceptors (Lipinski definition) is 6. The summed E-state index contributed by atoms with van der Waals surface area (Å²) in [5.41, 5.74) is -0.451. The zero-order chi connectivity index (χ0) is 16.7. The van der Waals surface area contributed by atoms with Crippen molar-refractivity contribution in [1.29, 1.82) is 0 Å². The van der Waals surface area contributed by atoms with Gasteiger partial charge in [-0.05, 0) is 11.8 Å². The van der Waals surface area contributed by atoms with Gasteiger partial charge in [0, 0.05) is 17.5 Å². The molecule has 0 unspecified atom stereocenters. The number of nitrogens with two attached hydrogens (primary N) is 1. The molecule has 118 valence electrons. The third-order valence-electron chi connectivity index (χ3n) is 2.72. The summed E-state index contributed by atoms with van der Waals surface area (Å²) in [6.45, 7) is 5.88. The molecule has 0 aliphatic carbocycles. The fourth-order valence-corrected chi connectivity index (χ4v) is 3.17. The normalized spacial score (nSPS) is 11.7. The fraction of sp³-hybridized carbons (Fsp3) is 0.333. The van der Waals surface area contributed by atoms with Crippen LogP contribution in [0.3, 0.4) is 0 Å². The Morgan fingerprint density at radius 3 is 2.23 bits per heavy atom. The monoisotopic (exact) mass is 361 g/mol. The van der Waals surface area contributed by atoms with E-state index < -0.39 is 4.92 Å². The quantitative estimate of drug-likeness (QED) is 0.508. The van der Waals surface area contributed by atoms with E-state index in [0.29, 0.717) is 15.9 Å². The van der Waals surface area contributed by atoms with E-state index >= 15 is 0 Å². The number of non-ortho nitro benzene ring substituents is 1. The van der Waals surface area contributed by atoms with Crippen LogP contribution in [-0.2, 0) is 5.41 Å². The van der Waals surface area contributed by atoms with Gasteiger partial charge in [-0.3, -0.25) is 10.1 Å². The molecule has 2 N–H and O–H groups in total. The zero-order valence-corrected chi connectivity index (χ0v) is 14.3. The second-order valence-corrected chi connectivity index (χ2v) is 7.32. The van der Waals surface area contributed by atoms with Gasteiger partial charge in [0.2, 0.25) is 5.16 Å². The first-order valence-corrected chi connectivity index (χ1v) is 7.70. The summed E-state index contributed by atoms with van der Waals surface area (Å²) < 4.78 is 1.36. The number of benzene rings is 1. The molecular formula is C12H13Cl2N5O2S. The molecule has 0 fully saturated rings. The molecule has 0 radical (unpaired) electrons. The van der Waals surface area contributed by atoms with E-state index in [9.17, 15) is 10.1 Å². The Morgan fingerprint density at radius 2 is 1.82 bits per heavy atom. The van der Waals surface area contributed by atoms with Gasteiger partial charge < -0.3 is 5.84 Å². The van der Waals surface area contributed by atoms with Crippen LogP contribution in [0, 0.1) is 10.1 Å². The Kier molecular flexibility index (Phi) is 4.55. The lowest BCUT2D eigenvalue weighted by atomic mass is 9.96. The molecule has 7 nitrogen and oxygen atoms in total. The Morgan fingerprint density at radius 1 is 1.27 bits per heavy atom. The van der Waals surface area contributed by atoms with E-state index in [2.05, 4.69) is 10.2 Å². The highest BCUT2D eigenvalue weighted by molar-refractivity contribution is 7.99. The van der Waals surface area contributed by atoms with Crippen molar-refractivity contribution in [3.05, 3.63) is 38.1 Å². The molecule has 1 aromatic carbocycles. The van der Waals surface area contributed by atoms with E-state index in [1.165, 1.54) is 16.8 Å². The van der Waals surface area contributed by atoms with Crippen LogP contribution in [0.5, 0.6) is 0 Å². The molecule has 2 aromatic rings. The maximum atomic E-state index is 10.8. The van der Waals surface area contributed by atoms with Gasteiger partial charge in [0.15, 0.2) is 5.82 Å². The lowest BCUT2D eigenvalue weighted by Gasteiger charge is -2.16. The van der Waals surface area contributed by atoms with Gasteiger partial charge in [-0.15, -0.1) is 10.2 Å². The topological polar surface area (TPSA) is 99.9 Å². The van der Waals surface area contributed by atoms with E-state index in [4.69, 9.17) is 29.0 Å². The van der Waals surface area contributed by atoms with Gasteiger partial charge in [-0.25, -0.2) is 4.68 Å². The Bertz CT molecular complexity index is 719. The predicted molar refractivity (Wildman–Crippen MR) is 86.1 cm³/mol. The number of rotatable bonds is 3. The highest BCUT2D eigenvalue weighted by Gasteiger charge is 2.24. The molecule has 0 saturated heterocycles. The van der Waals surface area contributed by atoms with Gasteiger partial charge in [0.1, 0.15) is 0 Å². The molecule has 0 amide bonds. The van der Waals surface area contributed by atoms with E-state index in [-0.39, 0.29) is 21.1 Å². The maximum Gasteiger partial charge on any atom is 0.272 e. The average Bonchev–Trinajstić information content (AvgIpc) is 2.74. The van der Waals surface area contributed by atoms with Crippen LogP contribution in [0.4, 0.5) is 5.69 Å². The molecular weight excluding hydrogens is 349 g/mol. The third-order valence-corrected chi connectivity index (χ3v) is 4.65. The molecule has 2 rings (SSSR count). The van der Waals surface area contributed by atoms with Gasteiger partial charge in [-0.2, -0.15) is 0 Å². The highest BCUT2D eigenvalue weighted by Crippen LogP contribution is 2.40. The van der Waals surface area contributed by atoms with E-state index in [1.54, 1.807) is 0 Å². The minimum atomic E-state index is -0.560. The van der Waals surface area contributed by atoms with E-state index in [0.717, 1.165) is 11.8 Å². The van der Waals surface area contributed by atoms with Crippen molar-refractivity contribution in [2.75, 3.05) is 5.84 Å². The van der Waals surface area contributed by atoms with Crippen molar-refractivity contribution in [3.63, 3.8) is 0 Å². The van der Waals surface area contributed by atoms with Crippen molar-refractivity contribution in [2.24, 2.45) is 0 Å². The second-order valence-electron chi connectivity index (χ2n) is 5.52. The summed E-state index contributed by atoms with van der Waals surface area (Å²) in [6, 6.07) is 2.47. The second kappa shape index (κ2) is 5.94. The lowest BCUT2D eigenvalue weighted by Crippen LogP contribution is -2.24. The Balaban J connectivity index is 2.40. The number of aromatic nitrogens is 3. The van der Waals surface area contributed by atoms with Crippen LogP contribution < -0.4 is 5.84 Å². The average molecular weight is 362 g/mol. The zero-order valence-electron chi connectivity index (χ0n) is 12.0. The molecule has 0 saturated carbocycles. The van der Waals surface area contributed by atoms with Gasteiger partial charge in [0.05, 0.1) is 19.9 Å². The predicted octanol–water partition coefficient (Wildman–Crippen LogP) is 3.66. The summed E-state index contributed by atoms with van der Waals surface area (Å²) in [6.07, 6.45) is 0. The molecule has 22 heavy (non-hydrogen) atoms. The maximum absolute atomic E-state index is 10.8. The molecule has 0 spiro atoms. The van der Waals surface area contributed by atoms with Gasteiger partial charge in [-0.1, -0.05) is 44.0 Å². The van der Waals surface area contributed by atoms with Crippen molar-refractivity contribution in [2.45, 2.75) is 36.2 Å². The smallest absolute Gasteiger partial charge is 0.272 e. The summed E-state index contributed by atoms with van der Waals surface area (Å²) in [5, 5.41) is 19.6. The lowest BCUT2D eigenvalue weighted by molar-refractivity contribution is -0.384. The molecule has 0 aliphatic heterocycles. The largest absolute Gasteiger partial charge is 0.336 e. The van der Waals surface area contributed by atoms with E-state index in [1.807, 2.05) is 20.8 Å². The van der Waals surface area contributed by atoms with Crippen LogP contribution in [0.25, 0.3) is 0 Å². The van der Waals surface area contributed by atoms with Gasteiger partial charge >= 0.3 is 0 Å². The first-order chi connectivity index (χ1) is 10.1. The number of hydrogen-bond donors (Lipinski definition) is 1. The highest BCUT2D eigenvalue weighted by atomic mass is 35.5. The third kappa shape index (κ3) is 3.29. The summed E-state index contributed by atoms with van der Waals surface area (Å²) >= 11 is 13.2. The number of nitrogen functional groups attached to an aromatic ring is 1.